The fourth-order valence-electron chi connectivity index (χ4n) is 8.39. The maximum Gasteiger partial charge on any atom is 0.0462 e. The summed E-state index contributed by atoms with van der Waals surface area (Å²) < 4.78 is 0. The van der Waals surface area contributed by atoms with Crippen molar-refractivity contribution in [2.24, 2.45) is 0 Å². The first-order chi connectivity index (χ1) is 30.2. The van der Waals surface area contributed by atoms with Crippen molar-refractivity contribution >= 4 is 17.1 Å². The molecular formula is C60H43N. The van der Waals surface area contributed by atoms with Crippen LogP contribution in [0.3, 0.4) is 0 Å². The van der Waals surface area contributed by atoms with Gasteiger partial charge in [0.05, 0.1) is 0 Å². The van der Waals surface area contributed by atoms with Gasteiger partial charge in [-0.05, 0) is 126 Å². The van der Waals surface area contributed by atoms with Gasteiger partial charge in [-0.25, -0.2) is 0 Å². The van der Waals surface area contributed by atoms with Crippen molar-refractivity contribution in [2.75, 3.05) is 4.90 Å². The minimum atomic E-state index is 1.09. The van der Waals surface area contributed by atoms with E-state index in [1.807, 2.05) is 0 Å². The normalized spacial score (nSPS) is 11.0. The number of hydrogen-bond donors (Lipinski definition) is 0. The lowest BCUT2D eigenvalue weighted by Gasteiger charge is -2.26. The predicted octanol–water partition coefficient (Wildman–Crippen LogP) is 16.8. The number of nitrogens with zero attached hydrogens (tertiary/aromatic N) is 1. The molecule has 0 bridgehead atoms. The molecule has 0 saturated heterocycles. The molecule has 0 spiro atoms. The molecule has 0 saturated carbocycles. The second kappa shape index (κ2) is 17.1. The molecule has 1 nitrogen and oxygen atoms in total. The SMILES string of the molecule is c1ccc(-c2ccc(N(c3ccc(-c4ccc(-c5ccccc5)cc4-c4ccccc4)cc3)c3ccc(-c4ccc(-c5ccccc5)cc4-c4ccccc4)cc3)cc2)cc1. The summed E-state index contributed by atoms with van der Waals surface area (Å²) in [6.45, 7) is 0. The highest BCUT2D eigenvalue weighted by Crippen LogP contribution is 2.42. The molecule has 0 N–H and O–H groups in total. The van der Waals surface area contributed by atoms with Gasteiger partial charge in [-0.3, -0.25) is 0 Å². The van der Waals surface area contributed by atoms with Gasteiger partial charge in [-0.15, -0.1) is 0 Å². The van der Waals surface area contributed by atoms with Crippen LogP contribution < -0.4 is 4.90 Å². The second-order valence-electron chi connectivity index (χ2n) is 15.3. The molecule has 10 rings (SSSR count). The van der Waals surface area contributed by atoms with Crippen molar-refractivity contribution in [3.63, 3.8) is 0 Å². The van der Waals surface area contributed by atoms with Crippen LogP contribution in [0.5, 0.6) is 0 Å². The van der Waals surface area contributed by atoms with Crippen LogP contribution in [-0.2, 0) is 0 Å². The number of rotatable bonds is 10. The molecular weight excluding hydrogens is 735 g/mol. The first-order valence-electron chi connectivity index (χ1n) is 20.9. The third-order valence-corrected chi connectivity index (χ3v) is 11.5. The Labute approximate surface area is 359 Å². The van der Waals surface area contributed by atoms with Gasteiger partial charge in [0.15, 0.2) is 0 Å². The summed E-state index contributed by atoms with van der Waals surface area (Å²) in [5, 5.41) is 0. The highest BCUT2D eigenvalue weighted by atomic mass is 15.1. The summed E-state index contributed by atoms with van der Waals surface area (Å²) in [6, 6.07) is 93.9. The quantitative estimate of drug-likeness (QED) is 0.134. The number of hydrogen-bond acceptors (Lipinski definition) is 1. The fraction of sp³-hybridized carbons (Fsp3) is 0. The predicted molar refractivity (Wildman–Crippen MR) is 259 cm³/mol. The zero-order valence-corrected chi connectivity index (χ0v) is 33.8. The molecule has 10 aromatic carbocycles. The largest absolute Gasteiger partial charge is 0.311 e. The topological polar surface area (TPSA) is 3.24 Å². The molecule has 0 amide bonds. The third kappa shape index (κ3) is 7.93. The summed E-state index contributed by atoms with van der Waals surface area (Å²) in [6.07, 6.45) is 0. The Hall–Kier alpha value is -8.00. The highest BCUT2D eigenvalue weighted by Gasteiger charge is 2.17. The molecule has 0 unspecified atom stereocenters. The second-order valence-corrected chi connectivity index (χ2v) is 15.3. The average Bonchev–Trinajstić information content (AvgIpc) is 3.36. The van der Waals surface area contributed by atoms with Crippen LogP contribution in [0, 0.1) is 0 Å². The Morgan fingerprint density at radius 3 is 0.721 bits per heavy atom. The summed E-state index contributed by atoms with van der Waals surface area (Å²) in [5.74, 6) is 0. The first-order valence-corrected chi connectivity index (χ1v) is 20.9. The molecule has 1 heteroatoms. The van der Waals surface area contributed by atoms with Gasteiger partial charge in [0.1, 0.15) is 0 Å². The molecule has 0 atom stereocenters. The van der Waals surface area contributed by atoms with E-state index in [2.05, 4.69) is 266 Å². The van der Waals surface area contributed by atoms with E-state index in [9.17, 15) is 0 Å². The van der Waals surface area contributed by atoms with E-state index < -0.39 is 0 Å². The molecule has 0 fully saturated rings. The van der Waals surface area contributed by atoms with Crippen LogP contribution in [0.15, 0.2) is 261 Å². The van der Waals surface area contributed by atoms with Crippen LogP contribution in [0.2, 0.25) is 0 Å². The Morgan fingerprint density at radius 1 is 0.164 bits per heavy atom. The van der Waals surface area contributed by atoms with Crippen LogP contribution in [0.25, 0.3) is 77.9 Å². The van der Waals surface area contributed by atoms with E-state index >= 15 is 0 Å². The van der Waals surface area contributed by atoms with Crippen LogP contribution in [0.4, 0.5) is 17.1 Å². The van der Waals surface area contributed by atoms with Crippen LogP contribution in [-0.4, -0.2) is 0 Å². The van der Waals surface area contributed by atoms with E-state index in [1.54, 1.807) is 0 Å². The van der Waals surface area contributed by atoms with Crippen molar-refractivity contribution in [3.8, 4) is 77.9 Å². The van der Waals surface area contributed by atoms with E-state index in [-0.39, 0.29) is 0 Å². The van der Waals surface area contributed by atoms with Gasteiger partial charge in [0, 0.05) is 17.1 Å². The third-order valence-electron chi connectivity index (χ3n) is 11.5. The standard InChI is InChI=1S/C60H43N/c1-6-16-44(17-7-1)47-26-34-54(35-27-47)61(55-36-28-50(29-37-55)57-40-32-52(45-18-8-2-9-19-45)42-59(57)48-22-12-4-13-23-48)56-38-30-51(31-39-56)58-41-33-53(46-20-10-3-11-21-46)43-60(58)49-24-14-5-15-25-49/h1-43H. The minimum absolute atomic E-state index is 1.09. The van der Waals surface area contributed by atoms with Gasteiger partial charge < -0.3 is 4.90 Å². The van der Waals surface area contributed by atoms with E-state index in [0.717, 1.165) is 17.1 Å². The monoisotopic (exact) mass is 777 g/mol. The molecule has 0 radical (unpaired) electrons. The van der Waals surface area contributed by atoms with Crippen molar-refractivity contribution in [2.45, 2.75) is 0 Å². The number of benzene rings is 10. The zero-order valence-electron chi connectivity index (χ0n) is 33.8. The lowest BCUT2D eigenvalue weighted by Crippen LogP contribution is -2.09. The van der Waals surface area contributed by atoms with Gasteiger partial charge in [-0.2, -0.15) is 0 Å². The number of anilines is 3. The summed E-state index contributed by atoms with van der Waals surface area (Å²) in [5.41, 5.74) is 20.1. The minimum Gasteiger partial charge on any atom is -0.311 e. The molecule has 0 aliphatic rings. The van der Waals surface area contributed by atoms with Gasteiger partial charge >= 0.3 is 0 Å². The smallest absolute Gasteiger partial charge is 0.0462 e. The summed E-state index contributed by atoms with van der Waals surface area (Å²) in [4.78, 5) is 2.36. The van der Waals surface area contributed by atoms with Crippen LogP contribution in [0.1, 0.15) is 0 Å². The average molecular weight is 778 g/mol. The Balaban J connectivity index is 1.04. The Morgan fingerprint density at radius 2 is 0.393 bits per heavy atom. The van der Waals surface area contributed by atoms with Gasteiger partial charge in [0.25, 0.3) is 0 Å². The highest BCUT2D eigenvalue weighted by molar-refractivity contribution is 5.90. The lowest BCUT2D eigenvalue weighted by molar-refractivity contribution is 1.28. The molecule has 0 aliphatic carbocycles. The van der Waals surface area contributed by atoms with E-state index in [0.29, 0.717) is 0 Å². The van der Waals surface area contributed by atoms with E-state index in [1.165, 1.54) is 77.9 Å². The Bertz CT molecular complexity index is 2830. The zero-order chi connectivity index (χ0) is 40.8. The maximum absolute atomic E-state index is 2.36. The molecule has 10 aromatic rings. The van der Waals surface area contributed by atoms with E-state index in [4.69, 9.17) is 0 Å². The van der Waals surface area contributed by atoms with Crippen molar-refractivity contribution in [3.05, 3.63) is 261 Å². The van der Waals surface area contributed by atoms with Gasteiger partial charge in [0.2, 0.25) is 0 Å². The lowest BCUT2D eigenvalue weighted by atomic mass is 9.91. The van der Waals surface area contributed by atoms with Crippen molar-refractivity contribution in [1.82, 2.24) is 0 Å². The van der Waals surface area contributed by atoms with Gasteiger partial charge in [-0.1, -0.05) is 212 Å². The summed E-state index contributed by atoms with van der Waals surface area (Å²) in [7, 11) is 0. The van der Waals surface area contributed by atoms with Crippen LogP contribution >= 0.6 is 0 Å². The molecule has 0 aliphatic heterocycles. The molecule has 0 aromatic heterocycles. The van der Waals surface area contributed by atoms with Crippen molar-refractivity contribution < 1.29 is 0 Å². The molecule has 288 valence electrons. The first kappa shape index (κ1) is 37.3. The summed E-state index contributed by atoms with van der Waals surface area (Å²) >= 11 is 0. The molecule has 0 heterocycles. The fourth-order valence-corrected chi connectivity index (χ4v) is 8.39. The Kier molecular flexibility index (Phi) is 10.4. The maximum atomic E-state index is 2.36. The van der Waals surface area contributed by atoms with Crippen molar-refractivity contribution in [1.29, 1.82) is 0 Å². The molecule has 61 heavy (non-hydrogen) atoms.